The van der Waals surface area contributed by atoms with Gasteiger partial charge in [-0.2, -0.15) is 0 Å². The minimum atomic E-state index is 0.895. The van der Waals surface area contributed by atoms with E-state index in [1.807, 2.05) is 24.3 Å². The summed E-state index contributed by atoms with van der Waals surface area (Å²) in [5.41, 5.74) is 6.31. The average molecular weight is 335 g/mol. The molecule has 0 spiro atoms. The molecule has 0 aliphatic heterocycles. The van der Waals surface area contributed by atoms with Crippen molar-refractivity contribution in [3.8, 4) is 11.1 Å². The van der Waals surface area contributed by atoms with Gasteiger partial charge in [0.15, 0.2) is 0 Å². The molecule has 5 aromatic rings. The fourth-order valence-corrected chi connectivity index (χ4v) is 3.35. The van der Waals surface area contributed by atoms with Gasteiger partial charge in [0.05, 0.1) is 0 Å². The van der Waals surface area contributed by atoms with Crippen molar-refractivity contribution in [2.75, 3.05) is 5.32 Å². The number of nitrogens with one attached hydrogen (secondary N) is 1. The molecule has 1 aromatic heterocycles. The number of hydrogen-bond acceptors (Lipinski definition) is 2. The molecule has 0 saturated heterocycles. The van der Waals surface area contributed by atoms with Gasteiger partial charge in [-0.25, -0.2) is 0 Å². The standard InChI is InChI=1S/C24H17NO/c1-3-7-17(8-4-1)18-11-14-23-22(15-18)21-13-12-20(16-24(21)26-23)25-19-9-5-2-6-10-19/h1-16,25H. The molecule has 4 aromatic carbocycles. The van der Waals surface area contributed by atoms with E-state index in [0.29, 0.717) is 0 Å². The summed E-state index contributed by atoms with van der Waals surface area (Å²) in [6.45, 7) is 0. The quantitative estimate of drug-likeness (QED) is 0.384. The zero-order valence-electron chi connectivity index (χ0n) is 14.1. The smallest absolute Gasteiger partial charge is 0.137 e. The van der Waals surface area contributed by atoms with Crippen LogP contribution in [0.5, 0.6) is 0 Å². The van der Waals surface area contributed by atoms with Crippen molar-refractivity contribution in [2.24, 2.45) is 0 Å². The van der Waals surface area contributed by atoms with E-state index >= 15 is 0 Å². The summed E-state index contributed by atoms with van der Waals surface area (Å²) >= 11 is 0. The number of benzene rings is 4. The summed E-state index contributed by atoms with van der Waals surface area (Å²) in [7, 11) is 0. The van der Waals surface area contributed by atoms with Crippen LogP contribution < -0.4 is 5.32 Å². The van der Waals surface area contributed by atoms with Crippen molar-refractivity contribution in [3.05, 3.63) is 97.1 Å². The van der Waals surface area contributed by atoms with Crippen LogP contribution in [0.1, 0.15) is 0 Å². The molecule has 124 valence electrons. The molecule has 1 heterocycles. The molecular formula is C24H17NO. The molecule has 0 radical (unpaired) electrons. The van der Waals surface area contributed by atoms with Crippen molar-refractivity contribution in [2.45, 2.75) is 0 Å². The van der Waals surface area contributed by atoms with Gasteiger partial charge >= 0.3 is 0 Å². The molecule has 0 bridgehead atoms. The highest BCUT2D eigenvalue weighted by atomic mass is 16.3. The Morgan fingerprint density at radius 3 is 2.08 bits per heavy atom. The molecule has 0 saturated carbocycles. The molecule has 0 aliphatic rings. The highest BCUT2D eigenvalue weighted by Gasteiger charge is 2.09. The van der Waals surface area contributed by atoms with Crippen LogP contribution in [0.3, 0.4) is 0 Å². The van der Waals surface area contributed by atoms with Gasteiger partial charge < -0.3 is 9.73 Å². The maximum Gasteiger partial charge on any atom is 0.137 e. The van der Waals surface area contributed by atoms with Crippen LogP contribution in [0.25, 0.3) is 33.1 Å². The predicted octanol–water partition coefficient (Wildman–Crippen LogP) is 7.00. The van der Waals surface area contributed by atoms with Crippen molar-refractivity contribution < 1.29 is 4.42 Å². The largest absolute Gasteiger partial charge is 0.456 e. The van der Waals surface area contributed by atoms with Gasteiger partial charge in [-0.05, 0) is 47.5 Å². The third kappa shape index (κ3) is 2.62. The molecule has 2 heteroatoms. The van der Waals surface area contributed by atoms with Crippen molar-refractivity contribution in [1.82, 2.24) is 0 Å². The number of fused-ring (bicyclic) bond motifs is 3. The number of anilines is 2. The first-order valence-electron chi connectivity index (χ1n) is 8.71. The van der Waals surface area contributed by atoms with Crippen LogP contribution in [0.15, 0.2) is 101 Å². The summed E-state index contributed by atoms with van der Waals surface area (Å²) in [4.78, 5) is 0. The second-order valence-electron chi connectivity index (χ2n) is 6.38. The van der Waals surface area contributed by atoms with Crippen LogP contribution in [0.2, 0.25) is 0 Å². The lowest BCUT2D eigenvalue weighted by atomic mass is 10.0. The second-order valence-corrected chi connectivity index (χ2v) is 6.38. The van der Waals surface area contributed by atoms with E-state index in [-0.39, 0.29) is 0 Å². The zero-order chi connectivity index (χ0) is 17.3. The SMILES string of the molecule is c1ccc(Nc2ccc3c(c2)oc2ccc(-c4ccccc4)cc23)cc1. The highest BCUT2D eigenvalue weighted by molar-refractivity contribution is 6.07. The van der Waals surface area contributed by atoms with Gasteiger partial charge in [0, 0.05) is 28.2 Å². The van der Waals surface area contributed by atoms with Crippen molar-refractivity contribution in [3.63, 3.8) is 0 Å². The minimum Gasteiger partial charge on any atom is -0.456 e. The summed E-state index contributed by atoms with van der Waals surface area (Å²) < 4.78 is 6.08. The molecule has 0 atom stereocenters. The lowest BCUT2D eigenvalue weighted by Gasteiger charge is -2.05. The topological polar surface area (TPSA) is 25.2 Å². The summed E-state index contributed by atoms with van der Waals surface area (Å²) in [6.07, 6.45) is 0. The normalized spacial score (nSPS) is 11.1. The number of hydrogen-bond donors (Lipinski definition) is 1. The molecule has 0 fully saturated rings. The molecule has 1 N–H and O–H groups in total. The summed E-state index contributed by atoms with van der Waals surface area (Å²) in [6, 6.07) is 33.2. The van der Waals surface area contributed by atoms with Crippen LogP contribution in [-0.4, -0.2) is 0 Å². The van der Waals surface area contributed by atoms with E-state index in [4.69, 9.17) is 4.42 Å². The molecule has 5 rings (SSSR count). The van der Waals surface area contributed by atoms with E-state index in [1.54, 1.807) is 0 Å². The fraction of sp³-hybridized carbons (Fsp3) is 0. The molecule has 2 nitrogen and oxygen atoms in total. The average Bonchev–Trinajstić information content (AvgIpc) is 3.06. The van der Waals surface area contributed by atoms with Crippen molar-refractivity contribution >= 4 is 33.3 Å². The van der Waals surface area contributed by atoms with E-state index in [1.165, 1.54) is 11.1 Å². The van der Waals surface area contributed by atoms with E-state index in [9.17, 15) is 0 Å². The Kier molecular flexibility index (Phi) is 3.46. The Labute approximate surface area is 151 Å². The van der Waals surface area contributed by atoms with Crippen LogP contribution in [0, 0.1) is 0 Å². The Morgan fingerprint density at radius 1 is 0.500 bits per heavy atom. The zero-order valence-corrected chi connectivity index (χ0v) is 14.1. The van der Waals surface area contributed by atoms with Crippen molar-refractivity contribution in [1.29, 1.82) is 0 Å². The third-order valence-corrected chi connectivity index (χ3v) is 4.64. The van der Waals surface area contributed by atoms with Crippen LogP contribution in [0.4, 0.5) is 11.4 Å². The number of rotatable bonds is 3. The number of para-hydroxylation sites is 1. The first kappa shape index (κ1) is 14.8. The number of furan rings is 1. The second kappa shape index (κ2) is 6.08. The van der Waals surface area contributed by atoms with E-state index in [0.717, 1.165) is 33.3 Å². The third-order valence-electron chi connectivity index (χ3n) is 4.64. The molecular weight excluding hydrogens is 318 g/mol. The lowest BCUT2D eigenvalue weighted by Crippen LogP contribution is -1.88. The fourth-order valence-electron chi connectivity index (χ4n) is 3.35. The minimum absolute atomic E-state index is 0.895. The molecule has 0 amide bonds. The molecule has 26 heavy (non-hydrogen) atoms. The lowest BCUT2D eigenvalue weighted by molar-refractivity contribution is 0.669. The van der Waals surface area contributed by atoms with Crippen LogP contribution in [-0.2, 0) is 0 Å². The highest BCUT2D eigenvalue weighted by Crippen LogP contribution is 2.34. The van der Waals surface area contributed by atoms with Gasteiger partial charge in [0.2, 0.25) is 0 Å². The van der Waals surface area contributed by atoms with E-state index in [2.05, 4.69) is 78.1 Å². The Bertz CT molecular complexity index is 1190. The van der Waals surface area contributed by atoms with Gasteiger partial charge in [0.1, 0.15) is 11.2 Å². The summed E-state index contributed by atoms with van der Waals surface area (Å²) in [5.74, 6) is 0. The predicted molar refractivity (Wildman–Crippen MR) is 109 cm³/mol. The van der Waals surface area contributed by atoms with Gasteiger partial charge in [-0.15, -0.1) is 0 Å². The van der Waals surface area contributed by atoms with Crippen LogP contribution >= 0.6 is 0 Å². The van der Waals surface area contributed by atoms with Gasteiger partial charge in [-0.3, -0.25) is 0 Å². The Hall–Kier alpha value is -3.52. The van der Waals surface area contributed by atoms with E-state index < -0.39 is 0 Å². The maximum atomic E-state index is 6.08. The first-order chi connectivity index (χ1) is 12.9. The molecule has 0 aliphatic carbocycles. The Balaban J connectivity index is 1.58. The first-order valence-corrected chi connectivity index (χ1v) is 8.71. The van der Waals surface area contributed by atoms with Gasteiger partial charge in [-0.1, -0.05) is 54.6 Å². The molecule has 0 unspecified atom stereocenters. The maximum absolute atomic E-state index is 6.08. The monoisotopic (exact) mass is 335 g/mol. The van der Waals surface area contributed by atoms with Gasteiger partial charge in [0.25, 0.3) is 0 Å². The Morgan fingerprint density at radius 2 is 1.27 bits per heavy atom. The summed E-state index contributed by atoms with van der Waals surface area (Å²) in [5, 5.41) is 5.70.